The van der Waals surface area contributed by atoms with Gasteiger partial charge in [-0.2, -0.15) is 0 Å². The number of rotatable bonds is 5. The van der Waals surface area contributed by atoms with Crippen molar-refractivity contribution in [2.75, 3.05) is 7.11 Å². The molecule has 0 heterocycles. The zero-order valence-electron chi connectivity index (χ0n) is 12.6. The van der Waals surface area contributed by atoms with Crippen LogP contribution in [0.3, 0.4) is 0 Å². The lowest BCUT2D eigenvalue weighted by atomic mass is 9.95. The van der Waals surface area contributed by atoms with E-state index < -0.39 is 11.9 Å². The number of ether oxygens (including phenoxy) is 1. The third kappa shape index (κ3) is 3.42. The van der Waals surface area contributed by atoms with Crippen molar-refractivity contribution in [3.63, 3.8) is 0 Å². The van der Waals surface area contributed by atoms with E-state index in [0.717, 1.165) is 12.0 Å². The zero-order chi connectivity index (χ0) is 15.4. The third-order valence-corrected chi connectivity index (χ3v) is 3.93. The fourth-order valence-electron chi connectivity index (χ4n) is 2.29. The van der Waals surface area contributed by atoms with Gasteiger partial charge in [-0.1, -0.05) is 44.2 Å². The Morgan fingerprint density at radius 2 is 1.62 bits per heavy atom. The van der Waals surface area contributed by atoms with Gasteiger partial charge in [0.1, 0.15) is 6.10 Å². The quantitative estimate of drug-likeness (QED) is 0.882. The molecule has 0 radical (unpaired) electrons. The van der Waals surface area contributed by atoms with E-state index >= 15 is 0 Å². The minimum atomic E-state index is -0.837. The first-order valence-electron chi connectivity index (χ1n) is 7.18. The molecule has 1 N–H and O–H groups in total. The molecule has 2 rings (SSSR count). The summed E-state index contributed by atoms with van der Waals surface area (Å²) >= 11 is 0. The van der Waals surface area contributed by atoms with Crippen LogP contribution in [0.15, 0.2) is 42.5 Å². The van der Waals surface area contributed by atoms with Crippen LogP contribution in [0.4, 0.5) is 4.39 Å². The van der Waals surface area contributed by atoms with E-state index in [1.54, 1.807) is 6.07 Å². The number of benzene rings is 2. The van der Waals surface area contributed by atoms with E-state index in [4.69, 9.17) is 4.74 Å². The van der Waals surface area contributed by atoms with Crippen molar-refractivity contribution < 1.29 is 14.2 Å². The van der Waals surface area contributed by atoms with Gasteiger partial charge in [0.15, 0.2) is 11.6 Å². The molecular formula is C18H21FO2. The highest BCUT2D eigenvalue weighted by molar-refractivity contribution is 5.36. The number of methoxy groups -OCH3 is 1. The maximum atomic E-state index is 13.7. The Kier molecular flexibility index (Phi) is 4.97. The molecule has 112 valence electrons. The predicted molar refractivity (Wildman–Crippen MR) is 82.2 cm³/mol. The fourth-order valence-corrected chi connectivity index (χ4v) is 2.29. The Morgan fingerprint density at radius 3 is 2.14 bits per heavy atom. The molecule has 0 aliphatic carbocycles. The molecule has 2 nitrogen and oxygen atoms in total. The lowest BCUT2D eigenvalue weighted by molar-refractivity contribution is 0.219. The van der Waals surface area contributed by atoms with Crippen LogP contribution in [-0.4, -0.2) is 12.2 Å². The summed E-state index contributed by atoms with van der Waals surface area (Å²) in [6.07, 6.45) is 0.238. The van der Waals surface area contributed by atoms with Gasteiger partial charge >= 0.3 is 0 Å². The first-order valence-corrected chi connectivity index (χ1v) is 7.18. The summed E-state index contributed by atoms with van der Waals surface area (Å²) in [5.41, 5.74) is 2.52. The molecule has 0 saturated heterocycles. The average Bonchev–Trinajstić information content (AvgIpc) is 2.53. The molecule has 2 unspecified atom stereocenters. The van der Waals surface area contributed by atoms with Crippen molar-refractivity contribution in [2.24, 2.45) is 0 Å². The summed E-state index contributed by atoms with van der Waals surface area (Å²) < 4.78 is 18.6. The summed E-state index contributed by atoms with van der Waals surface area (Å²) in [7, 11) is 1.42. The SMILES string of the molecule is CCC(C)c1ccc(C(O)c2ccc(OC)c(F)c2)cc1. The van der Waals surface area contributed by atoms with Crippen LogP contribution in [-0.2, 0) is 0 Å². The number of hydrogen-bond acceptors (Lipinski definition) is 2. The van der Waals surface area contributed by atoms with Crippen molar-refractivity contribution in [1.29, 1.82) is 0 Å². The summed E-state index contributed by atoms with van der Waals surface area (Å²) in [5.74, 6) is 0.206. The van der Waals surface area contributed by atoms with Crippen molar-refractivity contribution >= 4 is 0 Å². The topological polar surface area (TPSA) is 29.5 Å². The second-order valence-electron chi connectivity index (χ2n) is 5.27. The normalized spacial score (nSPS) is 13.8. The predicted octanol–water partition coefficient (Wildman–Crippen LogP) is 4.43. The molecule has 3 heteroatoms. The molecule has 2 aromatic rings. The summed E-state index contributed by atoms with van der Waals surface area (Å²) in [4.78, 5) is 0. The first-order chi connectivity index (χ1) is 10.1. The van der Waals surface area contributed by atoms with Crippen LogP contribution in [0.25, 0.3) is 0 Å². The monoisotopic (exact) mass is 288 g/mol. The summed E-state index contributed by atoms with van der Waals surface area (Å²) in [6, 6.07) is 12.4. The van der Waals surface area contributed by atoms with Crippen LogP contribution >= 0.6 is 0 Å². The van der Waals surface area contributed by atoms with Gasteiger partial charge in [0, 0.05) is 0 Å². The van der Waals surface area contributed by atoms with Crippen LogP contribution in [0.1, 0.15) is 49.0 Å². The fraction of sp³-hybridized carbons (Fsp3) is 0.333. The smallest absolute Gasteiger partial charge is 0.165 e. The van der Waals surface area contributed by atoms with Crippen LogP contribution in [0.2, 0.25) is 0 Å². The molecule has 0 fully saturated rings. The van der Waals surface area contributed by atoms with E-state index in [9.17, 15) is 9.50 Å². The first kappa shape index (κ1) is 15.5. The van der Waals surface area contributed by atoms with Gasteiger partial charge < -0.3 is 9.84 Å². The second kappa shape index (κ2) is 6.72. The zero-order valence-corrected chi connectivity index (χ0v) is 12.6. The average molecular weight is 288 g/mol. The largest absolute Gasteiger partial charge is 0.494 e. The Balaban J connectivity index is 2.23. The lowest BCUT2D eigenvalue weighted by Crippen LogP contribution is -2.02. The van der Waals surface area contributed by atoms with Gasteiger partial charge in [0.2, 0.25) is 0 Å². The van der Waals surface area contributed by atoms with Gasteiger partial charge in [-0.05, 0) is 41.2 Å². The molecule has 0 saturated carbocycles. The minimum Gasteiger partial charge on any atom is -0.494 e. The number of aliphatic hydroxyl groups is 1. The molecule has 2 aromatic carbocycles. The number of hydrogen-bond donors (Lipinski definition) is 1. The van der Waals surface area contributed by atoms with Crippen molar-refractivity contribution in [2.45, 2.75) is 32.3 Å². The maximum Gasteiger partial charge on any atom is 0.165 e. The lowest BCUT2D eigenvalue weighted by Gasteiger charge is -2.15. The van der Waals surface area contributed by atoms with Gasteiger partial charge in [-0.3, -0.25) is 0 Å². The highest BCUT2D eigenvalue weighted by Gasteiger charge is 2.14. The highest BCUT2D eigenvalue weighted by Crippen LogP contribution is 2.27. The van der Waals surface area contributed by atoms with Crippen LogP contribution < -0.4 is 4.74 Å². The standard InChI is InChI=1S/C18H21FO2/c1-4-12(2)13-5-7-14(8-6-13)18(20)15-9-10-17(21-3)16(19)11-15/h5-12,18,20H,4H2,1-3H3. The number of halogens is 1. The maximum absolute atomic E-state index is 13.7. The van der Waals surface area contributed by atoms with Crippen molar-refractivity contribution in [1.82, 2.24) is 0 Å². The molecule has 0 aliphatic rings. The minimum absolute atomic E-state index is 0.179. The van der Waals surface area contributed by atoms with E-state index in [2.05, 4.69) is 13.8 Å². The van der Waals surface area contributed by atoms with Crippen molar-refractivity contribution in [3.8, 4) is 5.75 Å². The van der Waals surface area contributed by atoms with E-state index in [-0.39, 0.29) is 5.75 Å². The molecule has 0 spiro atoms. The van der Waals surface area contributed by atoms with E-state index in [1.165, 1.54) is 24.8 Å². The van der Waals surface area contributed by atoms with Crippen molar-refractivity contribution in [3.05, 3.63) is 65.0 Å². The van der Waals surface area contributed by atoms with E-state index in [1.807, 2.05) is 24.3 Å². The number of aliphatic hydroxyl groups excluding tert-OH is 1. The molecule has 21 heavy (non-hydrogen) atoms. The molecule has 0 amide bonds. The summed E-state index contributed by atoms with van der Waals surface area (Å²) in [6.45, 7) is 4.32. The van der Waals surface area contributed by atoms with Crippen LogP contribution in [0, 0.1) is 5.82 Å². The van der Waals surface area contributed by atoms with Crippen LogP contribution in [0.5, 0.6) is 5.75 Å². The molecule has 2 atom stereocenters. The van der Waals surface area contributed by atoms with Gasteiger partial charge in [-0.15, -0.1) is 0 Å². The Morgan fingerprint density at radius 1 is 1.05 bits per heavy atom. The Bertz CT molecular complexity index is 593. The summed E-state index contributed by atoms with van der Waals surface area (Å²) in [5, 5.41) is 10.4. The van der Waals surface area contributed by atoms with Gasteiger partial charge in [0.25, 0.3) is 0 Å². The van der Waals surface area contributed by atoms with E-state index in [0.29, 0.717) is 11.5 Å². The molecule has 0 aromatic heterocycles. The van der Waals surface area contributed by atoms with Gasteiger partial charge in [0.05, 0.1) is 7.11 Å². The Hall–Kier alpha value is -1.87. The third-order valence-electron chi connectivity index (χ3n) is 3.93. The molecule has 0 bridgehead atoms. The van der Waals surface area contributed by atoms with Gasteiger partial charge in [-0.25, -0.2) is 4.39 Å². The molecular weight excluding hydrogens is 267 g/mol. The highest BCUT2D eigenvalue weighted by atomic mass is 19.1. The molecule has 0 aliphatic heterocycles. The second-order valence-corrected chi connectivity index (χ2v) is 5.27. The Labute approximate surface area is 125 Å².